The zero-order chi connectivity index (χ0) is 14.6. The topological polar surface area (TPSA) is 26.3 Å². The van der Waals surface area contributed by atoms with Crippen molar-refractivity contribution in [2.45, 2.75) is 90.4 Å². The van der Waals surface area contributed by atoms with E-state index in [2.05, 4.69) is 6.92 Å². The minimum Gasteiger partial charge on any atom is -0.469 e. The van der Waals surface area contributed by atoms with Gasteiger partial charge in [0.2, 0.25) is 0 Å². The molecule has 0 heterocycles. The maximum atomic E-state index is 12.0. The fourth-order valence-electron chi connectivity index (χ4n) is 3.56. The van der Waals surface area contributed by atoms with E-state index in [0.29, 0.717) is 5.92 Å². The summed E-state index contributed by atoms with van der Waals surface area (Å²) in [5, 5.41) is 0. The summed E-state index contributed by atoms with van der Waals surface area (Å²) in [4.78, 5) is 12.0. The van der Waals surface area contributed by atoms with Gasteiger partial charge in [-0.2, -0.15) is 0 Å². The number of carbonyl (C=O) groups excluding carboxylic acids is 1. The Labute approximate surface area is 125 Å². The van der Waals surface area contributed by atoms with Crippen LogP contribution in [-0.2, 0) is 9.53 Å². The lowest BCUT2D eigenvalue weighted by Gasteiger charge is -2.28. The van der Waals surface area contributed by atoms with Gasteiger partial charge >= 0.3 is 5.97 Å². The average Bonchev–Trinajstić information content (AvgIpc) is 2.50. The molecule has 1 aliphatic carbocycles. The number of ether oxygens (including phenoxy) is 1. The maximum Gasteiger partial charge on any atom is 0.308 e. The Balaban J connectivity index is 2.21. The molecule has 0 N–H and O–H groups in total. The van der Waals surface area contributed by atoms with Crippen molar-refractivity contribution in [2.24, 2.45) is 11.8 Å². The minimum atomic E-state index is 0.0443. The summed E-state index contributed by atoms with van der Waals surface area (Å²) in [5.41, 5.74) is 0. The molecule has 0 bridgehead atoms. The van der Waals surface area contributed by atoms with E-state index in [0.717, 1.165) is 6.42 Å². The fraction of sp³-hybridized carbons (Fsp3) is 0.944. The molecule has 0 aromatic carbocycles. The molecule has 20 heavy (non-hydrogen) atoms. The molecule has 0 amide bonds. The Kier molecular flexibility index (Phi) is 9.78. The Morgan fingerprint density at radius 1 is 1.00 bits per heavy atom. The van der Waals surface area contributed by atoms with Crippen LogP contribution in [0.1, 0.15) is 90.4 Å². The molecule has 0 aliphatic heterocycles. The highest BCUT2D eigenvalue weighted by Gasteiger charge is 2.29. The maximum absolute atomic E-state index is 12.0. The third-order valence-electron chi connectivity index (χ3n) is 4.84. The predicted octanol–water partition coefficient (Wildman–Crippen LogP) is 5.50. The third kappa shape index (κ3) is 6.76. The Morgan fingerprint density at radius 3 is 2.20 bits per heavy atom. The number of carbonyl (C=O) groups is 1. The second-order valence-electron chi connectivity index (χ2n) is 6.44. The second kappa shape index (κ2) is 11.2. The van der Waals surface area contributed by atoms with Gasteiger partial charge in [0.15, 0.2) is 0 Å². The van der Waals surface area contributed by atoms with E-state index in [-0.39, 0.29) is 11.9 Å². The Hall–Kier alpha value is -0.530. The van der Waals surface area contributed by atoms with Crippen molar-refractivity contribution in [1.82, 2.24) is 0 Å². The van der Waals surface area contributed by atoms with Crippen molar-refractivity contribution in [2.75, 3.05) is 7.11 Å². The average molecular weight is 282 g/mol. The molecular weight excluding hydrogens is 248 g/mol. The number of rotatable bonds is 10. The molecule has 1 unspecified atom stereocenters. The van der Waals surface area contributed by atoms with Crippen molar-refractivity contribution in [3.05, 3.63) is 0 Å². The molecule has 1 aliphatic rings. The standard InChI is InChI=1S/C18H34O2/c1-3-4-5-6-7-8-12-15-17(18(19)20-2)16-13-10-9-11-14-16/h16-17H,3-15H2,1-2H3. The first-order chi connectivity index (χ1) is 9.79. The molecule has 2 heteroatoms. The van der Waals surface area contributed by atoms with E-state index < -0.39 is 0 Å². The van der Waals surface area contributed by atoms with Gasteiger partial charge in [0.05, 0.1) is 13.0 Å². The summed E-state index contributed by atoms with van der Waals surface area (Å²) in [7, 11) is 1.54. The van der Waals surface area contributed by atoms with Gasteiger partial charge in [0.1, 0.15) is 0 Å². The first-order valence-electron chi connectivity index (χ1n) is 8.87. The summed E-state index contributed by atoms with van der Waals surface area (Å²) in [6.45, 7) is 2.26. The SMILES string of the molecule is CCCCCCCCCC(C(=O)OC)C1CCCCC1. The van der Waals surface area contributed by atoms with Gasteiger partial charge in [0, 0.05) is 0 Å². The van der Waals surface area contributed by atoms with Crippen LogP contribution in [0.25, 0.3) is 0 Å². The Morgan fingerprint density at radius 2 is 1.60 bits per heavy atom. The van der Waals surface area contributed by atoms with Crippen LogP contribution >= 0.6 is 0 Å². The van der Waals surface area contributed by atoms with Crippen LogP contribution < -0.4 is 0 Å². The molecule has 118 valence electrons. The zero-order valence-electron chi connectivity index (χ0n) is 13.7. The van der Waals surface area contributed by atoms with E-state index in [1.807, 2.05) is 0 Å². The van der Waals surface area contributed by atoms with E-state index in [1.165, 1.54) is 77.0 Å². The van der Waals surface area contributed by atoms with Crippen LogP contribution in [0.5, 0.6) is 0 Å². The lowest BCUT2D eigenvalue weighted by Crippen LogP contribution is -2.26. The van der Waals surface area contributed by atoms with Crippen molar-refractivity contribution in [3.8, 4) is 0 Å². The molecule has 1 fully saturated rings. The van der Waals surface area contributed by atoms with Gasteiger partial charge < -0.3 is 4.74 Å². The van der Waals surface area contributed by atoms with Gasteiger partial charge in [-0.1, -0.05) is 71.1 Å². The monoisotopic (exact) mass is 282 g/mol. The number of unbranched alkanes of at least 4 members (excludes halogenated alkanes) is 6. The van der Waals surface area contributed by atoms with Gasteiger partial charge in [0.25, 0.3) is 0 Å². The lowest BCUT2D eigenvalue weighted by molar-refractivity contribution is -0.148. The minimum absolute atomic E-state index is 0.0443. The summed E-state index contributed by atoms with van der Waals surface area (Å²) < 4.78 is 5.04. The number of hydrogen-bond donors (Lipinski definition) is 0. The van der Waals surface area contributed by atoms with Crippen LogP contribution in [0.3, 0.4) is 0 Å². The van der Waals surface area contributed by atoms with Crippen LogP contribution in [0.2, 0.25) is 0 Å². The largest absolute Gasteiger partial charge is 0.469 e. The molecule has 2 nitrogen and oxygen atoms in total. The summed E-state index contributed by atoms with van der Waals surface area (Å²) >= 11 is 0. The normalized spacial score (nSPS) is 17.9. The fourth-order valence-corrected chi connectivity index (χ4v) is 3.56. The van der Waals surface area contributed by atoms with Gasteiger partial charge in [-0.25, -0.2) is 0 Å². The van der Waals surface area contributed by atoms with Crippen LogP contribution in [0.4, 0.5) is 0 Å². The van der Waals surface area contributed by atoms with E-state index in [9.17, 15) is 4.79 Å². The molecule has 0 aromatic rings. The first kappa shape index (κ1) is 17.5. The number of hydrogen-bond acceptors (Lipinski definition) is 2. The van der Waals surface area contributed by atoms with Crippen molar-refractivity contribution in [3.63, 3.8) is 0 Å². The lowest BCUT2D eigenvalue weighted by atomic mass is 9.78. The van der Waals surface area contributed by atoms with E-state index in [1.54, 1.807) is 7.11 Å². The molecule has 1 saturated carbocycles. The van der Waals surface area contributed by atoms with E-state index >= 15 is 0 Å². The smallest absolute Gasteiger partial charge is 0.308 e. The number of methoxy groups -OCH3 is 1. The summed E-state index contributed by atoms with van der Waals surface area (Å²) in [6, 6.07) is 0. The highest BCUT2D eigenvalue weighted by atomic mass is 16.5. The summed E-state index contributed by atoms with van der Waals surface area (Å²) in [5.74, 6) is 0.815. The molecule has 1 atom stereocenters. The van der Waals surface area contributed by atoms with Crippen LogP contribution in [0, 0.1) is 11.8 Å². The zero-order valence-corrected chi connectivity index (χ0v) is 13.7. The van der Waals surface area contributed by atoms with Crippen molar-refractivity contribution < 1.29 is 9.53 Å². The Bertz CT molecular complexity index is 244. The van der Waals surface area contributed by atoms with Crippen molar-refractivity contribution >= 4 is 5.97 Å². The van der Waals surface area contributed by atoms with Gasteiger partial charge in [-0.15, -0.1) is 0 Å². The molecule has 0 spiro atoms. The third-order valence-corrected chi connectivity index (χ3v) is 4.84. The molecule has 0 aromatic heterocycles. The summed E-state index contributed by atoms with van der Waals surface area (Å²) in [6.07, 6.45) is 16.7. The first-order valence-corrected chi connectivity index (χ1v) is 8.87. The highest BCUT2D eigenvalue weighted by Crippen LogP contribution is 2.33. The number of esters is 1. The van der Waals surface area contributed by atoms with Crippen LogP contribution in [-0.4, -0.2) is 13.1 Å². The van der Waals surface area contributed by atoms with Gasteiger partial charge in [-0.3, -0.25) is 4.79 Å². The van der Waals surface area contributed by atoms with E-state index in [4.69, 9.17) is 4.74 Å². The second-order valence-corrected chi connectivity index (χ2v) is 6.44. The van der Waals surface area contributed by atoms with Crippen molar-refractivity contribution in [1.29, 1.82) is 0 Å². The van der Waals surface area contributed by atoms with Gasteiger partial charge in [-0.05, 0) is 25.2 Å². The molecule has 0 saturated heterocycles. The quantitative estimate of drug-likeness (QED) is 0.391. The van der Waals surface area contributed by atoms with Crippen LogP contribution in [0.15, 0.2) is 0 Å². The molecular formula is C18H34O2. The predicted molar refractivity (Wildman–Crippen MR) is 84.7 cm³/mol. The molecule has 0 radical (unpaired) electrons. The molecule has 1 rings (SSSR count). The highest BCUT2D eigenvalue weighted by molar-refractivity contribution is 5.72.